The molecule has 4 nitrogen and oxygen atoms in total. The molecule has 6 N–H and O–H groups in total. The van der Waals surface area contributed by atoms with Gasteiger partial charge >= 0.3 is 0 Å². The maximum absolute atomic E-state index is 6.08. The molecule has 0 aliphatic heterocycles. The highest BCUT2D eigenvalue weighted by molar-refractivity contribution is 7.22. The molecular weight excluding hydrogens is 465 g/mol. The van der Waals surface area contributed by atoms with E-state index >= 15 is 0 Å². The Labute approximate surface area is 203 Å². The van der Waals surface area contributed by atoms with Crippen LogP contribution in [0, 0.1) is 0 Å². The zero-order valence-electron chi connectivity index (χ0n) is 17.5. The summed E-state index contributed by atoms with van der Waals surface area (Å²) in [5.74, 6) is 0. The van der Waals surface area contributed by atoms with E-state index in [0.717, 1.165) is 30.7 Å². The van der Waals surface area contributed by atoms with Crippen molar-refractivity contribution in [2.45, 2.75) is 0 Å². The van der Waals surface area contributed by atoms with E-state index in [-0.39, 0.29) is 0 Å². The molecule has 0 aliphatic rings. The second-order valence-corrected chi connectivity index (χ2v) is 11.1. The van der Waals surface area contributed by atoms with Crippen LogP contribution in [0.5, 0.6) is 0 Å². The summed E-state index contributed by atoms with van der Waals surface area (Å²) in [6.45, 7) is 0. The van der Waals surface area contributed by atoms with Crippen LogP contribution < -0.4 is 22.1 Å². The first kappa shape index (κ1) is 20.1. The summed E-state index contributed by atoms with van der Waals surface area (Å²) in [6.07, 6.45) is 0. The molecule has 33 heavy (non-hydrogen) atoms. The van der Waals surface area contributed by atoms with Crippen molar-refractivity contribution >= 4 is 86.2 Å². The Hall–Kier alpha value is -3.52. The molecule has 3 heterocycles. The average molecular weight is 485 g/mol. The first-order chi connectivity index (χ1) is 16.1. The van der Waals surface area contributed by atoms with Crippen molar-refractivity contribution in [1.29, 1.82) is 0 Å². The van der Waals surface area contributed by atoms with E-state index in [0.29, 0.717) is 0 Å². The number of anilines is 6. The first-order valence-corrected chi connectivity index (χ1v) is 12.8. The lowest BCUT2D eigenvalue weighted by Gasteiger charge is -2.22. The van der Waals surface area contributed by atoms with Gasteiger partial charge < -0.3 is 17.2 Å². The molecule has 7 heteroatoms. The van der Waals surface area contributed by atoms with Gasteiger partial charge in [-0.2, -0.15) is 0 Å². The van der Waals surface area contributed by atoms with Crippen LogP contribution in [-0.4, -0.2) is 0 Å². The van der Waals surface area contributed by atoms with Crippen LogP contribution in [0.4, 0.5) is 30.7 Å². The molecule has 0 spiro atoms. The van der Waals surface area contributed by atoms with Crippen molar-refractivity contribution in [3.8, 4) is 10.4 Å². The van der Waals surface area contributed by atoms with Gasteiger partial charge in [0.1, 0.15) is 10.0 Å². The van der Waals surface area contributed by atoms with E-state index in [2.05, 4.69) is 71.6 Å². The molecule has 162 valence electrons. The summed E-state index contributed by atoms with van der Waals surface area (Å²) in [4.78, 5) is 3.41. The Balaban J connectivity index is 1.59. The molecule has 0 saturated heterocycles. The number of nitrogen functional groups attached to an aromatic ring is 3. The SMILES string of the molecule is Nc1ccc(-c2cc3ccc(N(c4ccc(N)s4)c4ccc(N)s4)cc3c3ccccc23)s1. The molecule has 0 amide bonds. The van der Waals surface area contributed by atoms with E-state index in [4.69, 9.17) is 17.2 Å². The van der Waals surface area contributed by atoms with E-state index in [1.165, 1.54) is 32.0 Å². The van der Waals surface area contributed by atoms with Gasteiger partial charge in [-0.25, -0.2) is 0 Å². The predicted octanol–water partition coefficient (Wildman–Crippen LogP) is 8.06. The van der Waals surface area contributed by atoms with Crippen LogP contribution in [0.1, 0.15) is 0 Å². The highest BCUT2D eigenvalue weighted by atomic mass is 32.1. The number of thiophene rings is 3. The van der Waals surface area contributed by atoms with Crippen LogP contribution in [0.25, 0.3) is 32.0 Å². The molecule has 0 unspecified atom stereocenters. The highest BCUT2D eigenvalue weighted by Gasteiger charge is 2.18. The average Bonchev–Trinajstić information content (AvgIpc) is 3.56. The Morgan fingerprint density at radius 3 is 1.79 bits per heavy atom. The maximum atomic E-state index is 6.08. The van der Waals surface area contributed by atoms with Gasteiger partial charge in [0.05, 0.1) is 15.0 Å². The number of hydrogen-bond acceptors (Lipinski definition) is 7. The summed E-state index contributed by atoms with van der Waals surface area (Å²) in [5.41, 5.74) is 20.5. The van der Waals surface area contributed by atoms with Gasteiger partial charge in [0, 0.05) is 16.1 Å². The molecule has 0 fully saturated rings. The molecule has 0 radical (unpaired) electrons. The van der Waals surface area contributed by atoms with Crippen molar-refractivity contribution in [1.82, 2.24) is 0 Å². The molecule has 0 saturated carbocycles. The summed E-state index contributed by atoms with van der Waals surface area (Å²) < 4.78 is 0. The quantitative estimate of drug-likeness (QED) is 0.221. The maximum Gasteiger partial charge on any atom is 0.103 e. The Bertz CT molecular complexity index is 1590. The monoisotopic (exact) mass is 484 g/mol. The molecule has 0 aliphatic carbocycles. The van der Waals surface area contributed by atoms with Crippen LogP contribution in [0.15, 0.2) is 84.9 Å². The lowest BCUT2D eigenvalue weighted by molar-refractivity contribution is 1.37. The topological polar surface area (TPSA) is 81.3 Å². The minimum atomic E-state index is 0.783. The molecule has 0 bridgehead atoms. The minimum absolute atomic E-state index is 0.783. The van der Waals surface area contributed by atoms with Crippen molar-refractivity contribution in [2.24, 2.45) is 0 Å². The van der Waals surface area contributed by atoms with Gasteiger partial charge in [0.25, 0.3) is 0 Å². The third-order valence-electron chi connectivity index (χ3n) is 5.66. The minimum Gasteiger partial charge on any atom is -0.391 e. The van der Waals surface area contributed by atoms with Crippen LogP contribution in [0.2, 0.25) is 0 Å². The number of fused-ring (bicyclic) bond motifs is 3. The largest absolute Gasteiger partial charge is 0.391 e. The summed E-state index contributed by atoms with van der Waals surface area (Å²) in [7, 11) is 0. The molecule has 6 rings (SSSR count). The highest BCUT2D eigenvalue weighted by Crippen LogP contribution is 2.45. The zero-order valence-corrected chi connectivity index (χ0v) is 19.9. The van der Waals surface area contributed by atoms with E-state index in [1.54, 1.807) is 34.0 Å². The smallest absolute Gasteiger partial charge is 0.103 e. The fraction of sp³-hybridized carbons (Fsp3) is 0. The summed E-state index contributed by atoms with van der Waals surface area (Å²) in [6, 6.07) is 29.5. The van der Waals surface area contributed by atoms with Crippen LogP contribution in [-0.2, 0) is 0 Å². The Morgan fingerprint density at radius 2 is 1.18 bits per heavy atom. The standard InChI is InChI=1S/C26H20N4S3/c27-22-8-7-21(31-22)20-13-15-5-6-16(14-19(15)17-3-1-2-4-18(17)20)30(25-11-9-23(28)32-25)26-12-10-24(29)33-26/h1-14H,27-29H2. The molecule has 3 aromatic carbocycles. The Morgan fingerprint density at radius 1 is 0.545 bits per heavy atom. The molecule has 0 atom stereocenters. The predicted molar refractivity (Wildman–Crippen MR) is 148 cm³/mol. The van der Waals surface area contributed by atoms with E-state index < -0.39 is 0 Å². The number of rotatable bonds is 4. The van der Waals surface area contributed by atoms with Gasteiger partial charge in [0.15, 0.2) is 0 Å². The first-order valence-electron chi connectivity index (χ1n) is 10.4. The lowest BCUT2D eigenvalue weighted by Crippen LogP contribution is -2.06. The van der Waals surface area contributed by atoms with E-state index in [9.17, 15) is 0 Å². The zero-order chi connectivity index (χ0) is 22.5. The van der Waals surface area contributed by atoms with Gasteiger partial charge in [-0.15, -0.1) is 34.0 Å². The normalized spacial score (nSPS) is 11.4. The summed E-state index contributed by atoms with van der Waals surface area (Å²) in [5, 5.41) is 9.34. The third kappa shape index (κ3) is 3.51. The number of nitrogens with zero attached hydrogens (tertiary/aromatic N) is 1. The third-order valence-corrected chi connectivity index (χ3v) is 8.41. The second-order valence-electron chi connectivity index (χ2n) is 7.76. The van der Waals surface area contributed by atoms with Crippen molar-refractivity contribution < 1.29 is 0 Å². The van der Waals surface area contributed by atoms with Gasteiger partial charge in [-0.05, 0) is 76.1 Å². The number of benzene rings is 3. The van der Waals surface area contributed by atoms with Crippen molar-refractivity contribution in [3.63, 3.8) is 0 Å². The van der Waals surface area contributed by atoms with Crippen molar-refractivity contribution in [3.05, 3.63) is 84.9 Å². The van der Waals surface area contributed by atoms with Crippen LogP contribution in [0.3, 0.4) is 0 Å². The summed E-state index contributed by atoms with van der Waals surface area (Å²) >= 11 is 4.75. The van der Waals surface area contributed by atoms with E-state index in [1.807, 2.05) is 18.2 Å². The fourth-order valence-corrected chi connectivity index (χ4v) is 6.70. The number of hydrogen-bond donors (Lipinski definition) is 3. The number of nitrogens with two attached hydrogens (primary N) is 3. The van der Waals surface area contributed by atoms with Crippen LogP contribution >= 0.6 is 34.0 Å². The second kappa shape index (κ2) is 7.81. The van der Waals surface area contributed by atoms with Gasteiger partial charge in [-0.1, -0.05) is 30.3 Å². The Kier molecular flexibility index (Phi) is 4.76. The van der Waals surface area contributed by atoms with Gasteiger partial charge in [-0.3, -0.25) is 4.90 Å². The molecule has 3 aromatic heterocycles. The fourth-order valence-electron chi connectivity index (χ4n) is 4.22. The molecular formula is C26H20N4S3. The van der Waals surface area contributed by atoms with Gasteiger partial charge in [0.2, 0.25) is 0 Å². The van der Waals surface area contributed by atoms with Crippen molar-refractivity contribution in [2.75, 3.05) is 22.1 Å². The lowest BCUT2D eigenvalue weighted by atomic mass is 9.96. The molecule has 6 aromatic rings.